The number of pyridine rings is 1. The van der Waals surface area contributed by atoms with E-state index in [0.717, 1.165) is 10.6 Å². The van der Waals surface area contributed by atoms with E-state index in [2.05, 4.69) is 4.98 Å². The molecule has 2 aromatic rings. The first-order chi connectivity index (χ1) is 9.60. The van der Waals surface area contributed by atoms with E-state index in [1.807, 2.05) is 44.4 Å². The molecule has 0 unspecified atom stereocenters. The average molecular weight is 290 g/mol. The summed E-state index contributed by atoms with van der Waals surface area (Å²) < 4.78 is 11.4. The van der Waals surface area contributed by atoms with Crippen molar-refractivity contribution in [3.63, 3.8) is 0 Å². The fourth-order valence-electron chi connectivity index (χ4n) is 1.62. The van der Waals surface area contributed by atoms with Crippen LogP contribution in [0.15, 0.2) is 41.3 Å². The first-order valence-electron chi connectivity index (χ1n) is 6.34. The third kappa shape index (κ3) is 3.57. The first-order valence-corrected chi connectivity index (χ1v) is 7.56. The summed E-state index contributed by atoms with van der Waals surface area (Å²) in [5, 5.41) is 0. The van der Waals surface area contributed by atoms with Gasteiger partial charge in [0.15, 0.2) is 0 Å². The molecular formula is C15H18N2O2S. The Bertz CT molecular complexity index is 588. The zero-order valence-electron chi connectivity index (χ0n) is 11.8. The summed E-state index contributed by atoms with van der Waals surface area (Å²) >= 11 is 1.62. The van der Waals surface area contributed by atoms with Crippen molar-refractivity contribution in [2.45, 2.75) is 24.8 Å². The first kappa shape index (κ1) is 14.5. The van der Waals surface area contributed by atoms with Crippen LogP contribution in [0.5, 0.6) is 17.5 Å². The van der Waals surface area contributed by atoms with Crippen LogP contribution >= 0.6 is 11.8 Å². The van der Waals surface area contributed by atoms with E-state index in [1.54, 1.807) is 23.9 Å². The number of para-hydroxylation sites is 1. The minimum Gasteiger partial charge on any atom is -0.473 e. The van der Waals surface area contributed by atoms with Crippen molar-refractivity contribution >= 4 is 17.4 Å². The standard InChI is InChI=1S/C15H18N2O2S/c1-10(2)18-15-11(16)8-9-14(17-15)19-12-6-4-5-7-13(12)20-3/h4-10H,16H2,1-3H3. The van der Waals surface area contributed by atoms with Gasteiger partial charge in [0.1, 0.15) is 5.75 Å². The van der Waals surface area contributed by atoms with E-state index >= 15 is 0 Å². The van der Waals surface area contributed by atoms with E-state index < -0.39 is 0 Å². The predicted octanol–water partition coefficient (Wildman–Crippen LogP) is 3.97. The molecule has 106 valence electrons. The maximum Gasteiger partial charge on any atom is 0.240 e. The van der Waals surface area contributed by atoms with Gasteiger partial charge in [0, 0.05) is 11.0 Å². The largest absolute Gasteiger partial charge is 0.473 e. The van der Waals surface area contributed by atoms with E-state index in [9.17, 15) is 0 Å². The zero-order valence-corrected chi connectivity index (χ0v) is 12.6. The van der Waals surface area contributed by atoms with Gasteiger partial charge in [0.2, 0.25) is 11.8 Å². The van der Waals surface area contributed by atoms with Gasteiger partial charge in [-0.25, -0.2) is 0 Å². The third-order valence-electron chi connectivity index (χ3n) is 2.50. The zero-order chi connectivity index (χ0) is 14.5. The lowest BCUT2D eigenvalue weighted by molar-refractivity contribution is 0.232. The number of nitrogens with two attached hydrogens (primary N) is 1. The van der Waals surface area contributed by atoms with Crippen LogP contribution in [0.4, 0.5) is 5.69 Å². The quantitative estimate of drug-likeness (QED) is 0.844. The van der Waals surface area contributed by atoms with Crippen molar-refractivity contribution in [1.29, 1.82) is 0 Å². The summed E-state index contributed by atoms with van der Waals surface area (Å²) in [6.07, 6.45) is 2.02. The fourth-order valence-corrected chi connectivity index (χ4v) is 2.15. The van der Waals surface area contributed by atoms with Gasteiger partial charge in [-0.05, 0) is 38.3 Å². The van der Waals surface area contributed by atoms with Crippen LogP contribution in [0, 0.1) is 0 Å². The van der Waals surface area contributed by atoms with Crippen LogP contribution in [0.3, 0.4) is 0 Å². The van der Waals surface area contributed by atoms with Crippen LogP contribution in [-0.4, -0.2) is 17.3 Å². The molecule has 0 aliphatic carbocycles. The highest BCUT2D eigenvalue weighted by molar-refractivity contribution is 7.98. The van der Waals surface area contributed by atoms with Gasteiger partial charge in [-0.1, -0.05) is 12.1 Å². The molecule has 0 spiro atoms. The maximum atomic E-state index is 5.84. The molecule has 0 atom stereocenters. The lowest BCUT2D eigenvalue weighted by Gasteiger charge is -2.13. The highest BCUT2D eigenvalue weighted by Crippen LogP contribution is 2.32. The molecule has 0 saturated heterocycles. The normalized spacial score (nSPS) is 10.6. The van der Waals surface area contributed by atoms with Crippen LogP contribution in [0.1, 0.15) is 13.8 Å². The van der Waals surface area contributed by atoms with Crippen LogP contribution in [-0.2, 0) is 0 Å². The minimum atomic E-state index is 0.0125. The molecule has 0 radical (unpaired) electrons. The molecule has 0 bridgehead atoms. The number of hydrogen-bond acceptors (Lipinski definition) is 5. The fraction of sp³-hybridized carbons (Fsp3) is 0.267. The van der Waals surface area contributed by atoms with Gasteiger partial charge < -0.3 is 15.2 Å². The molecular weight excluding hydrogens is 272 g/mol. The number of rotatable bonds is 5. The third-order valence-corrected chi connectivity index (χ3v) is 3.27. The van der Waals surface area contributed by atoms with E-state index in [-0.39, 0.29) is 6.10 Å². The number of hydrogen-bond donors (Lipinski definition) is 1. The molecule has 2 N–H and O–H groups in total. The Labute approximate surface area is 123 Å². The number of benzene rings is 1. The van der Waals surface area contributed by atoms with Crippen LogP contribution < -0.4 is 15.2 Å². The van der Waals surface area contributed by atoms with Crippen molar-refractivity contribution in [3.05, 3.63) is 36.4 Å². The highest BCUT2D eigenvalue weighted by Gasteiger charge is 2.09. The number of thioether (sulfide) groups is 1. The molecule has 20 heavy (non-hydrogen) atoms. The number of nitrogen functional groups attached to an aromatic ring is 1. The number of nitrogens with zero attached hydrogens (tertiary/aromatic N) is 1. The summed E-state index contributed by atoms with van der Waals surface area (Å²) in [7, 11) is 0. The maximum absolute atomic E-state index is 5.84. The molecule has 1 aromatic heterocycles. The number of anilines is 1. The summed E-state index contributed by atoms with van der Waals surface area (Å²) in [5.74, 6) is 1.64. The van der Waals surface area contributed by atoms with E-state index in [4.69, 9.17) is 15.2 Å². The Morgan fingerprint density at radius 1 is 1.15 bits per heavy atom. The molecule has 1 heterocycles. The van der Waals surface area contributed by atoms with Gasteiger partial charge in [0.05, 0.1) is 11.8 Å². The lowest BCUT2D eigenvalue weighted by atomic mass is 10.3. The molecule has 0 amide bonds. The monoisotopic (exact) mass is 290 g/mol. The molecule has 4 nitrogen and oxygen atoms in total. The van der Waals surface area contributed by atoms with Crippen LogP contribution in [0.2, 0.25) is 0 Å². The second-order valence-corrected chi connectivity index (χ2v) is 5.31. The SMILES string of the molecule is CSc1ccccc1Oc1ccc(N)c(OC(C)C)n1. The van der Waals surface area contributed by atoms with Gasteiger partial charge >= 0.3 is 0 Å². The molecule has 0 fully saturated rings. The Balaban J connectivity index is 2.25. The number of ether oxygens (including phenoxy) is 2. The summed E-state index contributed by atoms with van der Waals surface area (Å²) in [6, 6.07) is 11.3. The summed E-state index contributed by atoms with van der Waals surface area (Å²) in [4.78, 5) is 5.36. The van der Waals surface area contributed by atoms with Gasteiger partial charge in [-0.3, -0.25) is 0 Å². The van der Waals surface area contributed by atoms with Crippen molar-refractivity contribution in [2.75, 3.05) is 12.0 Å². The van der Waals surface area contributed by atoms with Gasteiger partial charge in [-0.15, -0.1) is 11.8 Å². The van der Waals surface area contributed by atoms with Crippen LogP contribution in [0.25, 0.3) is 0 Å². The van der Waals surface area contributed by atoms with Gasteiger partial charge in [0.25, 0.3) is 0 Å². The second kappa shape index (κ2) is 6.52. The Hall–Kier alpha value is -1.88. The second-order valence-electron chi connectivity index (χ2n) is 4.46. The lowest BCUT2D eigenvalue weighted by Crippen LogP contribution is -2.09. The molecule has 5 heteroatoms. The molecule has 2 rings (SSSR count). The molecule has 0 saturated carbocycles. The predicted molar refractivity (Wildman–Crippen MR) is 82.7 cm³/mol. The van der Waals surface area contributed by atoms with Crippen molar-refractivity contribution in [2.24, 2.45) is 0 Å². The smallest absolute Gasteiger partial charge is 0.240 e. The van der Waals surface area contributed by atoms with Crippen molar-refractivity contribution in [1.82, 2.24) is 4.98 Å². The Kier molecular flexibility index (Phi) is 4.74. The Morgan fingerprint density at radius 2 is 1.90 bits per heavy atom. The molecule has 0 aliphatic heterocycles. The average Bonchev–Trinajstić information content (AvgIpc) is 2.42. The minimum absolute atomic E-state index is 0.0125. The van der Waals surface area contributed by atoms with E-state index in [0.29, 0.717) is 17.4 Å². The summed E-state index contributed by atoms with van der Waals surface area (Å²) in [6.45, 7) is 3.86. The Morgan fingerprint density at radius 3 is 2.60 bits per heavy atom. The highest BCUT2D eigenvalue weighted by atomic mass is 32.2. The topological polar surface area (TPSA) is 57.4 Å². The van der Waals surface area contributed by atoms with Crippen molar-refractivity contribution < 1.29 is 9.47 Å². The molecule has 1 aromatic carbocycles. The van der Waals surface area contributed by atoms with Crippen molar-refractivity contribution in [3.8, 4) is 17.5 Å². The number of aromatic nitrogens is 1. The summed E-state index contributed by atoms with van der Waals surface area (Å²) in [5.41, 5.74) is 6.34. The van der Waals surface area contributed by atoms with Gasteiger partial charge in [-0.2, -0.15) is 4.98 Å². The van der Waals surface area contributed by atoms with E-state index in [1.165, 1.54) is 0 Å². The molecule has 0 aliphatic rings.